The third kappa shape index (κ3) is 2.09. The Morgan fingerprint density at radius 1 is 1.38 bits per heavy atom. The standard InChI is InChI=1S/C12H21N3S/c1-4-10-11(5-13)16-12(14-10)15-6-8(2)9(3)7-15/h8-9H,4-7,13H2,1-3H3. The lowest BCUT2D eigenvalue weighted by atomic mass is 10.0. The zero-order valence-electron chi connectivity index (χ0n) is 10.4. The molecule has 4 heteroatoms. The number of aryl methyl sites for hydroxylation is 1. The first kappa shape index (κ1) is 11.9. The molecule has 0 aliphatic carbocycles. The van der Waals surface area contributed by atoms with Crippen LogP contribution in [0.5, 0.6) is 0 Å². The summed E-state index contributed by atoms with van der Waals surface area (Å²) >= 11 is 1.78. The average molecular weight is 239 g/mol. The third-order valence-electron chi connectivity index (χ3n) is 3.55. The van der Waals surface area contributed by atoms with Crippen molar-refractivity contribution >= 4 is 16.5 Å². The first-order chi connectivity index (χ1) is 7.65. The van der Waals surface area contributed by atoms with Crippen molar-refractivity contribution in [1.29, 1.82) is 0 Å². The molecule has 3 nitrogen and oxygen atoms in total. The van der Waals surface area contributed by atoms with E-state index in [2.05, 4.69) is 25.7 Å². The molecule has 2 unspecified atom stereocenters. The second kappa shape index (κ2) is 4.72. The quantitative estimate of drug-likeness (QED) is 0.879. The van der Waals surface area contributed by atoms with Crippen LogP contribution in [0.15, 0.2) is 0 Å². The van der Waals surface area contributed by atoms with E-state index in [1.807, 2.05) is 0 Å². The van der Waals surface area contributed by atoms with E-state index in [-0.39, 0.29) is 0 Å². The van der Waals surface area contributed by atoms with Gasteiger partial charge < -0.3 is 10.6 Å². The summed E-state index contributed by atoms with van der Waals surface area (Å²) in [4.78, 5) is 8.38. The molecule has 1 aliphatic rings. The molecule has 0 aromatic carbocycles. The number of nitrogens with two attached hydrogens (primary N) is 1. The highest BCUT2D eigenvalue weighted by Gasteiger charge is 2.28. The average Bonchev–Trinajstić information content (AvgIpc) is 2.83. The molecule has 0 radical (unpaired) electrons. The molecule has 1 aromatic heterocycles. The summed E-state index contributed by atoms with van der Waals surface area (Å²) < 4.78 is 0. The van der Waals surface area contributed by atoms with Crippen LogP contribution in [0.3, 0.4) is 0 Å². The van der Waals surface area contributed by atoms with Crippen molar-refractivity contribution in [3.63, 3.8) is 0 Å². The Labute approximate surface area is 102 Å². The Balaban J connectivity index is 2.18. The molecule has 1 aliphatic heterocycles. The van der Waals surface area contributed by atoms with Gasteiger partial charge in [-0.15, -0.1) is 11.3 Å². The van der Waals surface area contributed by atoms with Gasteiger partial charge in [0.15, 0.2) is 5.13 Å². The van der Waals surface area contributed by atoms with Crippen molar-refractivity contribution in [3.8, 4) is 0 Å². The fourth-order valence-electron chi connectivity index (χ4n) is 2.23. The highest BCUT2D eigenvalue weighted by Crippen LogP contribution is 2.32. The summed E-state index contributed by atoms with van der Waals surface area (Å²) in [6.45, 7) is 9.70. The van der Waals surface area contributed by atoms with E-state index in [1.54, 1.807) is 11.3 Å². The van der Waals surface area contributed by atoms with Gasteiger partial charge in [0.1, 0.15) is 0 Å². The molecule has 2 heterocycles. The molecule has 1 aromatic rings. The van der Waals surface area contributed by atoms with E-state index in [1.165, 1.54) is 15.7 Å². The van der Waals surface area contributed by atoms with Crippen LogP contribution in [0, 0.1) is 11.8 Å². The summed E-state index contributed by atoms with van der Waals surface area (Å²) in [7, 11) is 0. The molecule has 0 spiro atoms. The molecule has 2 N–H and O–H groups in total. The van der Waals surface area contributed by atoms with Crippen LogP contribution in [-0.2, 0) is 13.0 Å². The SMILES string of the molecule is CCc1nc(N2CC(C)C(C)C2)sc1CN. The fraction of sp³-hybridized carbons (Fsp3) is 0.750. The molecule has 0 amide bonds. The van der Waals surface area contributed by atoms with Gasteiger partial charge in [-0.2, -0.15) is 0 Å². The molecular weight excluding hydrogens is 218 g/mol. The number of hydrogen-bond donors (Lipinski definition) is 1. The predicted octanol–water partition coefficient (Wildman–Crippen LogP) is 2.26. The second-order valence-corrected chi connectivity index (χ2v) is 5.85. The lowest BCUT2D eigenvalue weighted by Crippen LogP contribution is -2.19. The number of rotatable bonds is 3. The van der Waals surface area contributed by atoms with Gasteiger partial charge in [-0.1, -0.05) is 20.8 Å². The van der Waals surface area contributed by atoms with Gasteiger partial charge in [-0.25, -0.2) is 4.98 Å². The maximum atomic E-state index is 5.74. The van der Waals surface area contributed by atoms with Crippen molar-refractivity contribution < 1.29 is 0 Å². The summed E-state index contributed by atoms with van der Waals surface area (Å²) in [6, 6.07) is 0. The van der Waals surface area contributed by atoms with Gasteiger partial charge in [0.05, 0.1) is 5.69 Å². The first-order valence-electron chi connectivity index (χ1n) is 6.09. The second-order valence-electron chi connectivity index (χ2n) is 4.78. The van der Waals surface area contributed by atoms with Crippen molar-refractivity contribution in [1.82, 2.24) is 4.98 Å². The minimum absolute atomic E-state index is 0.625. The van der Waals surface area contributed by atoms with Crippen LogP contribution in [0.25, 0.3) is 0 Å². The molecule has 0 bridgehead atoms. The van der Waals surface area contributed by atoms with Gasteiger partial charge in [0.25, 0.3) is 0 Å². The number of aromatic nitrogens is 1. The van der Waals surface area contributed by atoms with Crippen molar-refractivity contribution in [2.75, 3.05) is 18.0 Å². The van der Waals surface area contributed by atoms with E-state index in [4.69, 9.17) is 10.7 Å². The number of hydrogen-bond acceptors (Lipinski definition) is 4. The molecule has 16 heavy (non-hydrogen) atoms. The monoisotopic (exact) mass is 239 g/mol. The molecule has 2 atom stereocenters. The van der Waals surface area contributed by atoms with Crippen LogP contribution >= 0.6 is 11.3 Å². The number of anilines is 1. The summed E-state index contributed by atoms with van der Waals surface area (Å²) in [5.41, 5.74) is 6.93. The minimum atomic E-state index is 0.625. The maximum Gasteiger partial charge on any atom is 0.185 e. The van der Waals surface area contributed by atoms with E-state index >= 15 is 0 Å². The Bertz CT molecular complexity index is 330. The van der Waals surface area contributed by atoms with Crippen LogP contribution in [0.4, 0.5) is 5.13 Å². The van der Waals surface area contributed by atoms with E-state index in [0.29, 0.717) is 6.54 Å². The Hall–Kier alpha value is -0.610. The molecule has 2 rings (SSSR count). The normalized spacial score (nSPS) is 25.4. The van der Waals surface area contributed by atoms with Gasteiger partial charge in [0, 0.05) is 24.5 Å². The van der Waals surface area contributed by atoms with E-state index < -0.39 is 0 Å². The number of nitrogens with zero attached hydrogens (tertiary/aromatic N) is 2. The third-order valence-corrected chi connectivity index (χ3v) is 4.73. The summed E-state index contributed by atoms with van der Waals surface area (Å²) in [6.07, 6.45) is 0.988. The number of thiazole rings is 1. The Morgan fingerprint density at radius 2 is 2.00 bits per heavy atom. The van der Waals surface area contributed by atoms with Crippen LogP contribution in [0.2, 0.25) is 0 Å². The topological polar surface area (TPSA) is 42.2 Å². The van der Waals surface area contributed by atoms with Gasteiger partial charge in [0.2, 0.25) is 0 Å². The first-order valence-corrected chi connectivity index (χ1v) is 6.91. The molecular formula is C12H21N3S. The van der Waals surface area contributed by atoms with Crippen molar-refractivity contribution in [3.05, 3.63) is 10.6 Å². The van der Waals surface area contributed by atoms with Crippen LogP contribution in [-0.4, -0.2) is 18.1 Å². The van der Waals surface area contributed by atoms with Crippen LogP contribution in [0.1, 0.15) is 31.3 Å². The van der Waals surface area contributed by atoms with Gasteiger partial charge in [-0.05, 0) is 18.3 Å². The smallest absolute Gasteiger partial charge is 0.185 e. The van der Waals surface area contributed by atoms with Crippen LogP contribution < -0.4 is 10.6 Å². The lowest BCUT2D eigenvalue weighted by Gasteiger charge is -2.13. The highest BCUT2D eigenvalue weighted by atomic mass is 32.1. The molecule has 1 fully saturated rings. The lowest BCUT2D eigenvalue weighted by molar-refractivity contribution is 0.494. The minimum Gasteiger partial charge on any atom is -0.348 e. The van der Waals surface area contributed by atoms with Crippen molar-refractivity contribution in [2.24, 2.45) is 17.6 Å². The maximum absolute atomic E-state index is 5.74. The summed E-state index contributed by atoms with van der Waals surface area (Å²) in [5, 5.41) is 1.17. The zero-order valence-corrected chi connectivity index (χ0v) is 11.2. The summed E-state index contributed by atoms with van der Waals surface area (Å²) in [5.74, 6) is 1.55. The molecule has 90 valence electrons. The predicted molar refractivity (Wildman–Crippen MR) is 69.9 cm³/mol. The largest absolute Gasteiger partial charge is 0.348 e. The molecule has 0 saturated carbocycles. The fourth-order valence-corrected chi connectivity index (χ4v) is 3.27. The Morgan fingerprint density at radius 3 is 2.44 bits per heavy atom. The van der Waals surface area contributed by atoms with Crippen molar-refractivity contribution in [2.45, 2.75) is 33.7 Å². The Kier molecular flexibility index (Phi) is 3.50. The molecule has 1 saturated heterocycles. The van der Waals surface area contributed by atoms with E-state index in [0.717, 1.165) is 31.3 Å². The van der Waals surface area contributed by atoms with Gasteiger partial charge in [-0.3, -0.25) is 0 Å². The highest BCUT2D eigenvalue weighted by molar-refractivity contribution is 7.15. The van der Waals surface area contributed by atoms with Gasteiger partial charge >= 0.3 is 0 Å². The zero-order chi connectivity index (χ0) is 11.7. The van der Waals surface area contributed by atoms with E-state index in [9.17, 15) is 0 Å².